The molecule has 0 aliphatic rings. The molecule has 1 N–H and O–H groups in total. The van der Waals surface area contributed by atoms with Gasteiger partial charge in [0.2, 0.25) is 0 Å². The van der Waals surface area contributed by atoms with E-state index in [0.29, 0.717) is 15.6 Å². The fourth-order valence-electron chi connectivity index (χ4n) is 1.72. The van der Waals surface area contributed by atoms with E-state index in [-0.39, 0.29) is 5.56 Å². The number of rotatable bonds is 2. The molecule has 0 fully saturated rings. The Morgan fingerprint density at radius 1 is 1.06 bits per heavy atom. The number of hydrogen-bond donors (Lipinski definition) is 1. The van der Waals surface area contributed by atoms with Crippen LogP contribution in [0.4, 0.5) is 4.39 Å². The third kappa shape index (κ3) is 2.66. The summed E-state index contributed by atoms with van der Waals surface area (Å²) in [7, 11) is 0. The summed E-state index contributed by atoms with van der Waals surface area (Å²) in [5, 5.41) is 10.9. The zero-order chi connectivity index (χ0) is 13.3. The maximum absolute atomic E-state index is 13.7. The van der Waals surface area contributed by atoms with Gasteiger partial charge in [0.15, 0.2) is 0 Å². The molecule has 1 nitrogen and oxygen atoms in total. The van der Waals surface area contributed by atoms with Gasteiger partial charge in [-0.15, -0.1) is 0 Å². The molecule has 0 spiro atoms. The molecule has 0 saturated heterocycles. The SMILES string of the molecule is Cc1ccc(C(O)c2ccc(Cl)c(Cl)c2)c(F)c1. The molecule has 94 valence electrons. The van der Waals surface area contributed by atoms with Gasteiger partial charge in [-0.05, 0) is 36.2 Å². The zero-order valence-corrected chi connectivity index (χ0v) is 11.1. The minimum Gasteiger partial charge on any atom is -0.384 e. The van der Waals surface area contributed by atoms with E-state index in [9.17, 15) is 9.50 Å². The van der Waals surface area contributed by atoms with Crippen molar-refractivity contribution in [1.29, 1.82) is 0 Å². The van der Waals surface area contributed by atoms with Gasteiger partial charge >= 0.3 is 0 Å². The molecule has 0 aliphatic heterocycles. The van der Waals surface area contributed by atoms with Gasteiger partial charge in [-0.25, -0.2) is 4.39 Å². The van der Waals surface area contributed by atoms with E-state index in [0.717, 1.165) is 5.56 Å². The Hall–Kier alpha value is -1.09. The first-order valence-electron chi connectivity index (χ1n) is 5.38. The van der Waals surface area contributed by atoms with Gasteiger partial charge in [0, 0.05) is 5.56 Å². The third-order valence-electron chi connectivity index (χ3n) is 2.71. The van der Waals surface area contributed by atoms with Crippen molar-refractivity contribution in [1.82, 2.24) is 0 Å². The van der Waals surface area contributed by atoms with Gasteiger partial charge < -0.3 is 5.11 Å². The molecule has 2 aromatic carbocycles. The maximum atomic E-state index is 13.7. The molecular weight excluding hydrogens is 274 g/mol. The maximum Gasteiger partial charge on any atom is 0.129 e. The Labute approximate surface area is 115 Å². The molecule has 18 heavy (non-hydrogen) atoms. The summed E-state index contributed by atoms with van der Waals surface area (Å²) in [5.74, 6) is -0.437. The van der Waals surface area contributed by atoms with Crippen LogP contribution in [0.2, 0.25) is 10.0 Å². The van der Waals surface area contributed by atoms with Crippen molar-refractivity contribution in [3.05, 3.63) is 69.0 Å². The molecule has 0 bridgehead atoms. The van der Waals surface area contributed by atoms with E-state index in [2.05, 4.69) is 0 Å². The Balaban J connectivity index is 2.41. The molecule has 0 saturated carbocycles. The Bertz CT molecular complexity index is 584. The predicted octanol–water partition coefficient (Wildman–Crippen LogP) is 4.52. The molecule has 4 heteroatoms. The van der Waals surface area contributed by atoms with Crippen molar-refractivity contribution >= 4 is 23.2 Å². The van der Waals surface area contributed by atoms with Crippen molar-refractivity contribution in [2.45, 2.75) is 13.0 Å². The minimum atomic E-state index is -1.06. The van der Waals surface area contributed by atoms with E-state index in [1.165, 1.54) is 12.1 Å². The van der Waals surface area contributed by atoms with Crippen molar-refractivity contribution in [2.24, 2.45) is 0 Å². The van der Waals surface area contributed by atoms with Crippen LogP contribution in [0.15, 0.2) is 36.4 Å². The number of hydrogen-bond acceptors (Lipinski definition) is 1. The second-order valence-electron chi connectivity index (χ2n) is 4.10. The zero-order valence-electron chi connectivity index (χ0n) is 9.62. The quantitative estimate of drug-likeness (QED) is 0.860. The summed E-state index contributed by atoms with van der Waals surface area (Å²) in [5.41, 5.74) is 1.53. The summed E-state index contributed by atoms with van der Waals surface area (Å²) in [6.07, 6.45) is -1.06. The van der Waals surface area contributed by atoms with Crippen LogP contribution in [-0.4, -0.2) is 5.11 Å². The van der Waals surface area contributed by atoms with Crippen molar-refractivity contribution in [3.8, 4) is 0 Å². The topological polar surface area (TPSA) is 20.2 Å². The fourth-order valence-corrected chi connectivity index (χ4v) is 2.02. The molecule has 1 unspecified atom stereocenters. The lowest BCUT2D eigenvalue weighted by atomic mass is 10.00. The number of halogens is 3. The Morgan fingerprint density at radius 2 is 1.78 bits per heavy atom. The second-order valence-corrected chi connectivity index (χ2v) is 4.92. The van der Waals surface area contributed by atoms with Gasteiger partial charge in [0.1, 0.15) is 11.9 Å². The van der Waals surface area contributed by atoms with E-state index in [1.807, 2.05) is 0 Å². The third-order valence-corrected chi connectivity index (χ3v) is 3.45. The highest BCUT2D eigenvalue weighted by atomic mass is 35.5. The van der Waals surface area contributed by atoms with E-state index >= 15 is 0 Å². The van der Waals surface area contributed by atoms with Gasteiger partial charge in [-0.2, -0.15) is 0 Å². The molecule has 0 amide bonds. The molecular formula is C14H11Cl2FO. The van der Waals surface area contributed by atoms with Crippen LogP contribution in [0.25, 0.3) is 0 Å². The van der Waals surface area contributed by atoms with Crippen LogP contribution >= 0.6 is 23.2 Å². The number of benzene rings is 2. The Morgan fingerprint density at radius 3 is 2.39 bits per heavy atom. The summed E-state index contributed by atoms with van der Waals surface area (Å²) in [6, 6.07) is 9.44. The molecule has 0 radical (unpaired) electrons. The monoisotopic (exact) mass is 284 g/mol. The fraction of sp³-hybridized carbons (Fsp3) is 0.143. The number of aryl methyl sites for hydroxylation is 1. The van der Waals surface area contributed by atoms with Crippen LogP contribution in [0.1, 0.15) is 22.8 Å². The highest BCUT2D eigenvalue weighted by Gasteiger charge is 2.15. The molecule has 0 aliphatic carbocycles. The smallest absolute Gasteiger partial charge is 0.129 e. The molecule has 2 aromatic rings. The normalized spacial score (nSPS) is 12.5. The summed E-state index contributed by atoms with van der Waals surface area (Å²) >= 11 is 11.7. The predicted molar refractivity (Wildman–Crippen MR) is 71.7 cm³/mol. The summed E-state index contributed by atoms with van der Waals surface area (Å²) < 4.78 is 13.7. The highest BCUT2D eigenvalue weighted by Crippen LogP contribution is 2.30. The van der Waals surface area contributed by atoms with Crippen molar-refractivity contribution < 1.29 is 9.50 Å². The van der Waals surface area contributed by atoms with Gasteiger partial charge in [0.05, 0.1) is 10.0 Å². The minimum absolute atomic E-state index is 0.221. The van der Waals surface area contributed by atoms with E-state index in [4.69, 9.17) is 23.2 Å². The van der Waals surface area contributed by atoms with E-state index < -0.39 is 11.9 Å². The first kappa shape index (κ1) is 13.3. The number of aliphatic hydroxyl groups is 1. The van der Waals surface area contributed by atoms with Gasteiger partial charge in [0.25, 0.3) is 0 Å². The standard InChI is InChI=1S/C14H11Cl2FO/c1-8-2-4-10(13(17)6-8)14(18)9-3-5-11(15)12(16)7-9/h2-7,14,18H,1H3. The summed E-state index contributed by atoms with van der Waals surface area (Å²) in [6.45, 7) is 1.79. The van der Waals surface area contributed by atoms with Crippen LogP contribution in [0.5, 0.6) is 0 Å². The molecule has 0 heterocycles. The summed E-state index contributed by atoms with van der Waals surface area (Å²) in [4.78, 5) is 0. The van der Waals surface area contributed by atoms with Gasteiger partial charge in [-0.3, -0.25) is 0 Å². The van der Waals surface area contributed by atoms with E-state index in [1.54, 1.807) is 31.2 Å². The first-order chi connectivity index (χ1) is 8.49. The largest absolute Gasteiger partial charge is 0.384 e. The lowest BCUT2D eigenvalue weighted by Crippen LogP contribution is -2.02. The van der Waals surface area contributed by atoms with Crippen LogP contribution < -0.4 is 0 Å². The van der Waals surface area contributed by atoms with Crippen LogP contribution in [0.3, 0.4) is 0 Å². The van der Waals surface area contributed by atoms with Gasteiger partial charge in [-0.1, -0.05) is 41.4 Å². The highest BCUT2D eigenvalue weighted by molar-refractivity contribution is 6.42. The second kappa shape index (κ2) is 5.27. The van der Waals surface area contributed by atoms with Crippen LogP contribution in [-0.2, 0) is 0 Å². The van der Waals surface area contributed by atoms with Crippen molar-refractivity contribution in [2.75, 3.05) is 0 Å². The lowest BCUT2D eigenvalue weighted by molar-refractivity contribution is 0.215. The molecule has 1 atom stereocenters. The van der Waals surface area contributed by atoms with Crippen molar-refractivity contribution in [3.63, 3.8) is 0 Å². The molecule has 0 aromatic heterocycles. The first-order valence-corrected chi connectivity index (χ1v) is 6.13. The number of aliphatic hydroxyl groups excluding tert-OH is 1. The van der Waals surface area contributed by atoms with Crippen LogP contribution in [0, 0.1) is 12.7 Å². The Kier molecular flexibility index (Phi) is 3.91. The average molecular weight is 285 g/mol. The lowest BCUT2D eigenvalue weighted by Gasteiger charge is -2.13. The molecule has 2 rings (SSSR count). The average Bonchev–Trinajstić information content (AvgIpc) is 2.32.